The Balaban J connectivity index is 1.83. The van der Waals surface area contributed by atoms with Crippen molar-refractivity contribution in [3.63, 3.8) is 0 Å². The van der Waals surface area contributed by atoms with Gasteiger partial charge in [0.05, 0.1) is 0 Å². The lowest BCUT2D eigenvalue weighted by Crippen LogP contribution is -2.36. The third kappa shape index (κ3) is 4.94. The summed E-state index contributed by atoms with van der Waals surface area (Å²) in [7, 11) is 0. The fourth-order valence-electron chi connectivity index (χ4n) is 2.62. The summed E-state index contributed by atoms with van der Waals surface area (Å²) in [6.07, 6.45) is 5.64. The molecule has 1 aliphatic heterocycles. The van der Waals surface area contributed by atoms with Gasteiger partial charge in [0, 0.05) is 24.8 Å². The number of nitrogens with one attached hydrogen (secondary N) is 2. The van der Waals surface area contributed by atoms with Crippen LogP contribution in [0.25, 0.3) is 0 Å². The summed E-state index contributed by atoms with van der Waals surface area (Å²) < 4.78 is 0. The van der Waals surface area contributed by atoms with Crippen LogP contribution in [0.15, 0.2) is 24.3 Å². The van der Waals surface area contributed by atoms with E-state index in [4.69, 9.17) is 5.11 Å². The Labute approximate surface area is 120 Å². The third-order valence-electron chi connectivity index (χ3n) is 3.68. The minimum absolute atomic E-state index is 0.0729. The highest BCUT2D eigenvalue weighted by molar-refractivity contribution is 5.91. The topological polar surface area (TPSA) is 61.4 Å². The molecule has 0 bridgehead atoms. The van der Waals surface area contributed by atoms with Crippen molar-refractivity contribution in [2.75, 3.05) is 18.5 Å². The molecule has 1 saturated heterocycles. The SMILES string of the molecule is O=C(CC1CCCCN1)Nc1cccc(CCCO)c1. The minimum Gasteiger partial charge on any atom is -0.396 e. The maximum Gasteiger partial charge on any atom is 0.225 e. The van der Waals surface area contributed by atoms with E-state index in [9.17, 15) is 4.79 Å². The molecule has 1 amide bonds. The van der Waals surface area contributed by atoms with Gasteiger partial charge >= 0.3 is 0 Å². The van der Waals surface area contributed by atoms with Crippen molar-refractivity contribution in [2.45, 2.75) is 44.6 Å². The summed E-state index contributed by atoms with van der Waals surface area (Å²) in [5, 5.41) is 15.2. The minimum atomic E-state index is 0.0729. The van der Waals surface area contributed by atoms with E-state index in [1.165, 1.54) is 12.8 Å². The van der Waals surface area contributed by atoms with Gasteiger partial charge < -0.3 is 15.7 Å². The van der Waals surface area contributed by atoms with Crippen molar-refractivity contribution in [3.05, 3.63) is 29.8 Å². The predicted molar refractivity (Wildman–Crippen MR) is 80.7 cm³/mol. The third-order valence-corrected chi connectivity index (χ3v) is 3.68. The maximum absolute atomic E-state index is 12.0. The standard InChI is InChI=1S/C16H24N2O2/c19-10-4-6-13-5-3-8-15(11-13)18-16(20)12-14-7-1-2-9-17-14/h3,5,8,11,14,17,19H,1-2,4,6-7,9-10,12H2,(H,18,20). The van der Waals surface area contributed by atoms with Gasteiger partial charge in [-0.3, -0.25) is 4.79 Å². The van der Waals surface area contributed by atoms with Gasteiger partial charge in [-0.05, 0) is 49.9 Å². The summed E-state index contributed by atoms with van der Waals surface area (Å²) >= 11 is 0. The van der Waals surface area contributed by atoms with Crippen LogP contribution in [-0.4, -0.2) is 30.2 Å². The molecule has 2 rings (SSSR count). The zero-order valence-corrected chi connectivity index (χ0v) is 11.9. The number of piperidine rings is 1. The highest BCUT2D eigenvalue weighted by Gasteiger charge is 2.16. The van der Waals surface area contributed by atoms with Crippen LogP contribution >= 0.6 is 0 Å². The summed E-state index contributed by atoms with van der Waals surface area (Å²) in [6.45, 7) is 1.22. The van der Waals surface area contributed by atoms with Gasteiger partial charge in [-0.1, -0.05) is 18.6 Å². The molecule has 1 aromatic rings. The lowest BCUT2D eigenvalue weighted by molar-refractivity contribution is -0.116. The number of rotatable bonds is 6. The monoisotopic (exact) mass is 276 g/mol. The largest absolute Gasteiger partial charge is 0.396 e. The number of aliphatic hydroxyl groups is 1. The number of carbonyl (C=O) groups is 1. The number of anilines is 1. The van der Waals surface area contributed by atoms with Gasteiger partial charge in [-0.2, -0.15) is 0 Å². The number of amides is 1. The lowest BCUT2D eigenvalue weighted by atomic mass is 10.0. The van der Waals surface area contributed by atoms with Crippen molar-refractivity contribution in [1.82, 2.24) is 5.32 Å². The average Bonchev–Trinajstić information content (AvgIpc) is 2.46. The van der Waals surface area contributed by atoms with E-state index in [0.29, 0.717) is 12.5 Å². The van der Waals surface area contributed by atoms with Gasteiger partial charge in [0.2, 0.25) is 5.91 Å². The van der Waals surface area contributed by atoms with Crippen LogP contribution in [0.2, 0.25) is 0 Å². The van der Waals surface area contributed by atoms with E-state index in [2.05, 4.69) is 10.6 Å². The van der Waals surface area contributed by atoms with E-state index in [-0.39, 0.29) is 12.5 Å². The second-order valence-corrected chi connectivity index (χ2v) is 5.43. The normalized spacial score (nSPS) is 18.8. The molecule has 4 nitrogen and oxygen atoms in total. The molecule has 1 fully saturated rings. The highest BCUT2D eigenvalue weighted by Crippen LogP contribution is 2.14. The zero-order valence-electron chi connectivity index (χ0n) is 11.9. The van der Waals surface area contributed by atoms with Crippen molar-refractivity contribution >= 4 is 11.6 Å². The Hall–Kier alpha value is -1.39. The Bertz CT molecular complexity index is 428. The fraction of sp³-hybridized carbons (Fsp3) is 0.562. The summed E-state index contributed by atoms with van der Waals surface area (Å²) in [6, 6.07) is 8.19. The molecule has 1 aliphatic rings. The maximum atomic E-state index is 12.0. The molecule has 0 saturated carbocycles. The van der Waals surface area contributed by atoms with Crippen LogP contribution in [0.5, 0.6) is 0 Å². The number of hydrogen-bond acceptors (Lipinski definition) is 3. The Morgan fingerprint density at radius 1 is 1.40 bits per heavy atom. The summed E-state index contributed by atoms with van der Waals surface area (Å²) in [5.74, 6) is 0.0729. The molecule has 1 unspecified atom stereocenters. The predicted octanol–water partition coefficient (Wildman–Crippen LogP) is 2.08. The van der Waals surface area contributed by atoms with Gasteiger partial charge in [0.1, 0.15) is 0 Å². The Morgan fingerprint density at radius 3 is 3.05 bits per heavy atom. The van der Waals surface area contributed by atoms with Crippen LogP contribution in [0, 0.1) is 0 Å². The molecule has 0 aromatic heterocycles. The van der Waals surface area contributed by atoms with Gasteiger partial charge in [0.15, 0.2) is 0 Å². The number of aliphatic hydroxyl groups excluding tert-OH is 1. The zero-order chi connectivity index (χ0) is 14.2. The van der Waals surface area contributed by atoms with Crippen molar-refractivity contribution in [3.8, 4) is 0 Å². The van der Waals surface area contributed by atoms with Crippen molar-refractivity contribution < 1.29 is 9.90 Å². The molecule has 0 spiro atoms. The molecule has 20 heavy (non-hydrogen) atoms. The van der Waals surface area contributed by atoms with Crippen LogP contribution in [0.1, 0.15) is 37.7 Å². The van der Waals surface area contributed by atoms with Crippen LogP contribution in [0.4, 0.5) is 5.69 Å². The number of hydrogen-bond donors (Lipinski definition) is 3. The lowest BCUT2D eigenvalue weighted by Gasteiger charge is -2.22. The highest BCUT2D eigenvalue weighted by atomic mass is 16.2. The molecule has 1 aromatic carbocycles. The van der Waals surface area contributed by atoms with Crippen LogP contribution in [-0.2, 0) is 11.2 Å². The molecular weight excluding hydrogens is 252 g/mol. The van der Waals surface area contributed by atoms with E-state index >= 15 is 0 Å². The fourth-order valence-corrected chi connectivity index (χ4v) is 2.62. The smallest absolute Gasteiger partial charge is 0.225 e. The Kier molecular flexibility index (Phi) is 6.02. The molecular formula is C16H24N2O2. The molecule has 1 heterocycles. The molecule has 3 N–H and O–H groups in total. The Morgan fingerprint density at radius 2 is 2.30 bits per heavy atom. The van der Waals surface area contributed by atoms with E-state index in [1.807, 2.05) is 24.3 Å². The molecule has 0 aliphatic carbocycles. The molecule has 1 atom stereocenters. The van der Waals surface area contributed by atoms with E-state index < -0.39 is 0 Å². The van der Waals surface area contributed by atoms with Gasteiger partial charge in [0.25, 0.3) is 0 Å². The van der Waals surface area contributed by atoms with Crippen LogP contribution in [0.3, 0.4) is 0 Å². The second kappa shape index (κ2) is 8.02. The molecule has 110 valence electrons. The first-order valence-corrected chi connectivity index (χ1v) is 7.51. The van der Waals surface area contributed by atoms with Crippen LogP contribution < -0.4 is 10.6 Å². The number of benzene rings is 1. The molecule has 4 heteroatoms. The van der Waals surface area contributed by atoms with Crippen molar-refractivity contribution in [2.24, 2.45) is 0 Å². The quantitative estimate of drug-likeness (QED) is 0.745. The molecule has 0 radical (unpaired) electrons. The van der Waals surface area contributed by atoms with Crippen molar-refractivity contribution in [1.29, 1.82) is 0 Å². The second-order valence-electron chi connectivity index (χ2n) is 5.43. The van der Waals surface area contributed by atoms with E-state index in [1.54, 1.807) is 0 Å². The van der Waals surface area contributed by atoms with E-state index in [0.717, 1.165) is 37.1 Å². The summed E-state index contributed by atoms with van der Waals surface area (Å²) in [4.78, 5) is 12.0. The first-order chi connectivity index (χ1) is 9.78. The van der Waals surface area contributed by atoms with Gasteiger partial charge in [-0.15, -0.1) is 0 Å². The first-order valence-electron chi connectivity index (χ1n) is 7.51. The number of carbonyl (C=O) groups excluding carboxylic acids is 1. The van der Waals surface area contributed by atoms with Gasteiger partial charge in [-0.25, -0.2) is 0 Å². The average molecular weight is 276 g/mol. The number of aryl methyl sites for hydroxylation is 1. The first kappa shape index (κ1) is 15.0. The summed E-state index contributed by atoms with van der Waals surface area (Å²) in [5.41, 5.74) is 1.99.